The summed E-state index contributed by atoms with van der Waals surface area (Å²) in [6.07, 6.45) is 1.91. The van der Waals surface area contributed by atoms with Crippen LogP contribution < -0.4 is 15.8 Å². The summed E-state index contributed by atoms with van der Waals surface area (Å²) in [5.74, 6) is 0.521. The summed E-state index contributed by atoms with van der Waals surface area (Å²) in [6, 6.07) is 6.89. The zero-order chi connectivity index (χ0) is 16.6. The van der Waals surface area contributed by atoms with Crippen LogP contribution in [0.5, 0.6) is 5.75 Å². The first-order chi connectivity index (χ1) is 10.5. The molecule has 0 aliphatic rings. The van der Waals surface area contributed by atoms with Crippen molar-refractivity contribution in [2.24, 2.45) is 5.73 Å². The lowest BCUT2D eigenvalue weighted by Crippen LogP contribution is -2.52. The van der Waals surface area contributed by atoms with Crippen LogP contribution in [-0.2, 0) is 4.79 Å². The predicted molar refractivity (Wildman–Crippen MR) is 87.1 cm³/mol. The Morgan fingerprint density at radius 3 is 2.18 bits per heavy atom. The number of methoxy groups -OCH3 is 1. The zero-order valence-electron chi connectivity index (χ0n) is 13.6. The topological polar surface area (TPSA) is 81.4 Å². The molecule has 0 unspecified atom stereocenters. The second-order valence-corrected chi connectivity index (χ2v) is 5.39. The van der Waals surface area contributed by atoms with Gasteiger partial charge in [0.1, 0.15) is 5.75 Å². The fraction of sp³-hybridized carbons (Fsp3) is 0.529. The predicted octanol–water partition coefficient (Wildman–Crippen LogP) is 2.29. The number of benzene rings is 1. The van der Waals surface area contributed by atoms with Crippen molar-refractivity contribution in [1.29, 1.82) is 0 Å². The number of hydrogen-bond donors (Lipinski definition) is 2. The average molecular weight is 306 g/mol. The van der Waals surface area contributed by atoms with E-state index in [-0.39, 0.29) is 30.1 Å². The lowest BCUT2D eigenvalue weighted by molar-refractivity contribution is -0.123. The summed E-state index contributed by atoms with van der Waals surface area (Å²) < 4.78 is 5.05. The Balaban J connectivity index is 2.54. The number of ether oxygens (including phenoxy) is 1. The summed E-state index contributed by atoms with van der Waals surface area (Å²) in [7, 11) is 1.58. The van der Waals surface area contributed by atoms with Gasteiger partial charge in [0.05, 0.1) is 12.6 Å². The van der Waals surface area contributed by atoms with Crippen molar-refractivity contribution in [3.8, 4) is 5.75 Å². The van der Waals surface area contributed by atoms with Gasteiger partial charge in [-0.15, -0.1) is 0 Å². The van der Waals surface area contributed by atoms with Gasteiger partial charge in [0.15, 0.2) is 5.78 Å². The third-order valence-electron chi connectivity index (χ3n) is 4.14. The number of ketones is 1. The molecule has 0 heterocycles. The first kappa shape index (κ1) is 18.2. The molecule has 0 bridgehead atoms. The highest BCUT2D eigenvalue weighted by molar-refractivity contribution is 5.98. The van der Waals surface area contributed by atoms with Gasteiger partial charge in [0.2, 0.25) is 5.91 Å². The molecule has 0 radical (unpaired) electrons. The van der Waals surface area contributed by atoms with Crippen molar-refractivity contribution in [3.05, 3.63) is 29.8 Å². The Labute approximate surface area is 132 Å². The number of carbonyl (C=O) groups excluding carboxylic acids is 2. The second kappa shape index (κ2) is 8.54. The quantitative estimate of drug-likeness (QED) is 0.686. The highest BCUT2D eigenvalue weighted by Crippen LogP contribution is 2.15. The van der Waals surface area contributed by atoms with Crippen LogP contribution >= 0.6 is 0 Å². The first-order valence-corrected chi connectivity index (χ1v) is 7.68. The van der Waals surface area contributed by atoms with Crippen LogP contribution in [0.3, 0.4) is 0 Å². The summed E-state index contributed by atoms with van der Waals surface area (Å²) in [4.78, 5) is 24.1. The van der Waals surface area contributed by atoms with Crippen LogP contribution in [0.25, 0.3) is 0 Å². The Hall–Kier alpha value is -1.88. The number of amides is 1. The lowest BCUT2D eigenvalue weighted by Gasteiger charge is -2.31. The standard InChI is InChI=1S/C17H26N2O3/c1-4-17(5-2,12-18)19-16(21)11-10-15(20)13-6-8-14(22-3)9-7-13/h6-9H,4-5,10-12,18H2,1-3H3,(H,19,21). The molecule has 22 heavy (non-hydrogen) atoms. The summed E-state index contributed by atoms with van der Waals surface area (Å²) in [5.41, 5.74) is 5.98. The highest BCUT2D eigenvalue weighted by Gasteiger charge is 2.26. The van der Waals surface area contributed by atoms with Gasteiger partial charge in [-0.25, -0.2) is 0 Å². The molecule has 1 aromatic carbocycles. The fourth-order valence-corrected chi connectivity index (χ4v) is 2.27. The molecule has 5 heteroatoms. The van der Waals surface area contributed by atoms with E-state index in [0.29, 0.717) is 17.9 Å². The largest absolute Gasteiger partial charge is 0.497 e. The molecular formula is C17H26N2O3. The molecule has 3 N–H and O–H groups in total. The van der Waals surface area contributed by atoms with Gasteiger partial charge < -0.3 is 15.8 Å². The Morgan fingerprint density at radius 1 is 1.14 bits per heavy atom. The number of nitrogens with one attached hydrogen (secondary N) is 1. The van der Waals surface area contributed by atoms with Crippen molar-refractivity contribution < 1.29 is 14.3 Å². The number of nitrogens with two attached hydrogens (primary N) is 1. The van der Waals surface area contributed by atoms with Crippen LogP contribution in [0.15, 0.2) is 24.3 Å². The number of rotatable bonds is 9. The molecule has 5 nitrogen and oxygen atoms in total. The second-order valence-electron chi connectivity index (χ2n) is 5.39. The zero-order valence-corrected chi connectivity index (χ0v) is 13.6. The molecule has 0 atom stereocenters. The molecule has 122 valence electrons. The molecule has 0 aliphatic heterocycles. The number of Topliss-reactive ketones (excluding diaryl/α,β-unsaturated/α-hetero) is 1. The molecule has 0 saturated carbocycles. The van der Waals surface area contributed by atoms with E-state index in [4.69, 9.17) is 10.5 Å². The molecule has 1 rings (SSSR count). The van der Waals surface area contributed by atoms with Crippen molar-refractivity contribution in [3.63, 3.8) is 0 Å². The van der Waals surface area contributed by atoms with Crippen molar-refractivity contribution in [2.75, 3.05) is 13.7 Å². The first-order valence-electron chi connectivity index (χ1n) is 7.68. The van der Waals surface area contributed by atoms with Gasteiger partial charge in [0.25, 0.3) is 0 Å². The van der Waals surface area contributed by atoms with Gasteiger partial charge in [-0.2, -0.15) is 0 Å². The van der Waals surface area contributed by atoms with E-state index in [0.717, 1.165) is 12.8 Å². The van der Waals surface area contributed by atoms with Crippen molar-refractivity contribution >= 4 is 11.7 Å². The minimum absolute atomic E-state index is 0.0517. The highest BCUT2D eigenvalue weighted by atomic mass is 16.5. The van der Waals surface area contributed by atoms with E-state index in [1.165, 1.54) is 0 Å². The Morgan fingerprint density at radius 2 is 1.73 bits per heavy atom. The van der Waals surface area contributed by atoms with E-state index in [9.17, 15) is 9.59 Å². The molecule has 0 saturated heterocycles. The monoisotopic (exact) mass is 306 g/mol. The molecular weight excluding hydrogens is 280 g/mol. The number of carbonyl (C=O) groups is 2. The molecule has 1 amide bonds. The molecule has 0 spiro atoms. The van der Waals surface area contributed by atoms with Crippen LogP contribution in [0.1, 0.15) is 49.9 Å². The van der Waals surface area contributed by atoms with Crippen LogP contribution in [-0.4, -0.2) is 30.9 Å². The Bertz CT molecular complexity index is 485. The van der Waals surface area contributed by atoms with E-state index in [2.05, 4.69) is 5.32 Å². The van der Waals surface area contributed by atoms with Crippen molar-refractivity contribution in [2.45, 2.75) is 45.1 Å². The molecule has 0 aliphatic carbocycles. The maximum absolute atomic E-state index is 12.1. The third kappa shape index (κ3) is 4.84. The smallest absolute Gasteiger partial charge is 0.220 e. The Kier molecular flexibility index (Phi) is 7.05. The molecule has 0 fully saturated rings. The normalized spacial score (nSPS) is 11.1. The van der Waals surface area contributed by atoms with Crippen LogP contribution in [0.4, 0.5) is 0 Å². The minimum Gasteiger partial charge on any atom is -0.497 e. The maximum atomic E-state index is 12.1. The van der Waals surface area contributed by atoms with Gasteiger partial charge >= 0.3 is 0 Å². The van der Waals surface area contributed by atoms with E-state index < -0.39 is 0 Å². The van der Waals surface area contributed by atoms with Gasteiger partial charge in [-0.3, -0.25) is 9.59 Å². The number of hydrogen-bond acceptors (Lipinski definition) is 4. The molecule has 0 aromatic heterocycles. The summed E-state index contributed by atoms with van der Waals surface area (Å²) >= 11 is 0. The third-order valence-corrected chi connectivity index (χ3v) is 4.14. The SMILES string of the molecule is CCC(CC)(CN)NC(=O)CCC(=O)c1ccc(OC)cc1. The average Bonchev–Trinajstić information content (AvgIpc) is 2.57. The lowest BCUT2D eigenvalue weighted by atomic mass is 9.92. The van der Waals surface area contributed by atoms with Gasteiger partial charge in [0, 0.05) is 24.9 Å². The molecule has 1 aromatic rings. The van der Waals surface area contributed by atoms with E-state index >= 15 is 0 Å². The van der Waals surface area contributed by atoms with Crippen LogP contribution in [0, 0.1) is 0 Å². The van der Waals surface area contributed by atoms with Crippen LogP contribution in [0.2, 0.25) is 0 Å². The van der Waals surface area contributed by atoms with E-state index in [1.807, 2.05) is 13.8 Å². The maximum Gasteiger partial charge on any atom is 0.220 e. The van der Waals surface area contributed by atoms with Gasteiger partial charge in [-0.1, -0.05) is 13.8 Å². The fourth-order valence-electron chi connectivity index (χ4n) is 2.27. The van der Waals surface area contributed by atoms with Gasteiger partial charge in [-0.05, 0) is 37.1 Å². The van der Waals surface area contributed by atoms with Crippen molar-refractivity contribution in [1.82, 2.24) is 5.32 Å². The summed E-state index contributed by atoms with van der Waals surface area (Å²) in [6.45, 7) is 4.40. The minimum atomic E-state index is -0.361. The van der Waals surface area contributed by atoms with E-state index in [1.54, 1.807) is 31.4 Å². The summed E-state index contributed by atoms with van der Waals surface area (Å²) in [5, 5.41) is 2.97.